The van der Waals surface area contributed by atoms with Crippen LogP contribution < -0.4 is 16.4 Å². The van der Waals surface area contributed by atoms with Gasteiger partial charge in [0.1, 0.15) is 0 Å². The Bertz CT molecular complexity index is 149. The highest BCUT2D eigenvalue weighted by atomic mass is 16.1. The number of hydrogen-bond acceptors (Lipinski definition) is 3. The summed E-state index contributed by atoms with van der Waals surface area (Å²) < 4.78 is 0. The van der Waals surface area contributed by atoms with Gasteiger partial charge in [0.15, 0.2) is 0 Å². The molecule has 0 aromatic carbocycles. The second-order valence-electron chi connectivity index (χ2n) is 3.14. The zero-order valence-electron chi connectivity index (χ0n) is 7.31. The van der Waals surface area contributed by atoms with Crippen molar-refractivity contribution in [1.29, 1.82) is 0 Å². The highest BCUT2D eigenvalue weighted by molar-refractivity contribution is 5.77. The summed E-state index contributed by atoms with van der Waals surface area (Å²) in [6.07, 6.45) is 2.64. The van der Waals surface area contributed by atoms with Gasteiger partial charge in [0.2, 0.25) is 5.91 Å². The number of piperidine rings is 1. The van der Waals surface area contributed by atoms with Crippen LogP contribution in [0.15, 0.2) is 0 Å². The molecule has 1 amide bonds. The number of hydrogen-bond donors (Lipinski definition) is 3. The first-order chi connectivity index (χ1) is 5.83. The SMILES string of the molecule is NCCCNC1CCNC(=O)C1. The van der Waals surface area contributed by atoms with Gasteiger partial charge < -0.3 is 16.4 Å². The van der Waals surface area contributed by atoms with Gasteiger partial charge in [0.25, 0.3) is 0 Å². The summed E-state index contributed by atoms with van der Waals surface area (Å²) in [5, 5.41) is 6.11. The molecule has 70 valence electrons. The molecule has 0 aromatic rings. The Hall–Kier alpha value is -0.610. The predicted molar refractivity (Wildman–Crippen MR) is 47.7 cm³/mol. The molecule has 1 fully saturated rings. The van der Waals surface area contributed by atoms with Crippen LogP contribution in [-0.2, 0) is 4.79 Å². The van der Waals surface area contributed by atoms with Crippen molar-refractivity contribution in [2.24, 2.45) is 5.73 Å². The summed E-state index contributed by atoms with van der Waals surface area (Å²) in [6, 6.07) is 0.366. The smallest absolute Gasteiger partial charge is 0.221 e. The fraction of sp³-hybridized carbons (Fsp3) is 0.875. The van der Waals surface area contributed by atoms with E-state index in [4.69, 9.17) is 5.73 Å². The first kappa shape index (κ1) is 9.48. The molecule has 12 heavy (non-hydrogen) atoms. The van der Waals surface area contributed by atoms with Crippen LogP contribution in [0.5, 0.6) is 0 Å². The molecule has 0 spiro atoms. The fourth-order valence-corrected chi connectivity index (χ4v) is 1.37. The van der Waals surface area contributed by atoms with E-state index in [0.29, 0.717) is 19.0 Å². The standard InChI is InChI=1S/C8H17N3O/c9-3-1-4-10-7-2-5-11-8(12)6-7/h7,10H,1-6,9H2,(H,11,12). The minimum absolute atomic E-state index is 0.159. The van der Waals surface area contributed by atoms with E-state index < -0.39 is 0 Å². The van der Waals surface area contributed by atoms with Crippen LogP contribution >= 0.6 is 0 Å². The Morgan fingerprint density at radius 3 is 3.17 bits per heavy atom. The predicted octanol–water partition coefficient (Wildman–Crippen LogP) is -0.797. The van der Waals surface area contributed by atoms with Gasteiger partial charge in [-0.15, -0.1) is 0 Å². The maximum Gasteiger partial charge on any atom is 0.221 e. The molecule has 4 N–H and O–H groups in total. The summed E-state index contributed by atoms with van der Waals surface area (Å²) in [4.78, 5) is 10.9. The number of carbonyl (C=O) groups excluding carboxylic acids is 1. The van der Waals surface area contributed by atoms with Gasteiger partial charge in [0, 0.05) is 19.0 Å². The minimum Gasteiger partial charge on any atom is -0.356 e. The molecule has 4 heteroatoms. The van der Waals surface area contributed by atoms with Crippen molar-refractivity contribution in [2.75, 3.05) is 19.6 Å². The lowest BCUT2D eigenvalue weighted by atomic mass is 10.1. The summed E-state index contributed by atoms with van der Waals surface area (Å²) in [5.41, 5.74) is 5.35. The van der Waals surface area contributed by atoms with Crippen LogP contribution in [0.2, 0.25) is 0 Å². The molecular weight excluding hydrogens is 154 g/mol. The molecule has 0 bridgehead atoms. The lowest BCUT2D eigenvalue weighted by molar-refractivity contribution is -0.122. The van der Waals surface area contributed by atoms with Gasteiger partial charge in [-0.1, -0.05) is 0 Å². The molecule has 0 saturated carbocycles. The lowest BCUT2D eigenvalue weighted by Crippen LogP contribution is -2.43. The molecule has 1 aliphatic heterocycles. The van der Waals surface area contributed by atoms with E-state index in [-0.39, 0.29) is 5.91 Å². The van der Waals surface area contributed by atoms with Crippen LogP contribution in [0, 0.1) is 0 Å². The molecule has 0 aromatic heterocycles. The average molecular weight is 171 g/mol. The third-order valence-electron chi connectivity index (χ3n) is 2.06. The molecule has 1 rings (SSSR count). The Balaban J connectivity index is 2.10. The summed E-state index contributed by atoms with van der Waals surface area (Å²) in [6.45, 7) is 2.44. The highest BCUT2D eigenvalue weighted by Crippen LogP contribution is 2.02. The maximum atomic E-state index is 10.9. The maximum absolute atomic E-state index is 10.9. The van der Waals surface area contributed by atoms with E-state index in [9.17, 15) is 4.79 Å². The number of amides is 1. The molecule has 1 heterocycles. The zero-order chi connectivity index (χ0) is 8.81. The van der Waals surface area contributed by atoms with Crippen molar-refractivity contribution >= 4 is 5.91 Å². The molecule has 1 aliphatic rings. The third-order valence-corrected chi connectivity index (χ3v) is 2.06. The van der Waals surface area contributed by atoms with E-state index in [1.165, 1.54) is 0 Å². The largest absolute Gasteiger partial charge is 0.356 e. The Morgan fingerprint density at radius 1 is 1.67 bits per heavy atom. The molecule has 1 atom stereocenters. The second-order valence-corrected chi connectivity index (χ2v) is 3.14. The second kappa shape index (κ2) is 5.11. The Kier molecular flexibility index (Phi) is 4.04. The number of carbonyl (C=O) groups is 1. The van der Waals surface area contributed by atoms with Gasteiger partial charge in [-0.3, -0.25) is 4.79 Å². The average Bonchev–Trinajstić information content (AvgIpc) is 2.05. The van der Waals surface area contributed by atoms with Gasteiger partial charge in [-0.2, -0.15) is 0 Å². The summed E-state index contributed by atoms with van der Waals surface area (Å²) in [5.74, 6) is 0.159. The molecule has 4 nitrogen and oxygen atoms in total. The van der Waals surface area contributed by atoms with E-state index in [1.807, 2.05) is 0 Å². The topological polar surface area (TPSA) is 67.2 Å². The first-order valence-corrected chi connectivity index (χ1v) is 4.53. The molecular formula is C8H17N3O. The lowest BCUT2D eigenvalue weighted by Gasteiger charge is -2.22. The van der Waals surface area contributed by atoms with Gasteiger partial charge in [-0.25, -0.2) is 0 Å². The van der Waals surface area contributed by atoms with E-state index >= 15 is 0 Å². The summed E-state index contributed by atoms with van der Waals surface area (Å²) in [7, 11) is 0. The minimum atomic E-state index is 0.159. The van der Waals surface area contributed by atoms with Crippen LogP contribution in [0.1, 0.15) is 19.3 Å². The van der Waals surface area contributed by atoms with Crippen molar-refractivity contribution in [3.63, 3.8) is 0 Å². The van der Waals surface area contributed by atoms with Crippen molar-refractivity contribution in [2.45, 2.75) is 25.3 Å². The normalized spacial score (nSPS) is 23.8. The molecule has 0 radical (unpaired) electrons. The van der Waals surface area contributed by atoms with E-state index in [0.717, 1.165) is 25.9 Å². The number of rotatable bonds is 4. The van der Waals surface area contributed by atoms with Crippen LogP contribution in [-0.4, -0.2) is 31.6 Å². The van der Waals surface area contributed by atoms with Crippen molar-refractivity contribution in [1.82, 2.24) is 10.6 Å². The molecule has 0 aliphatic carbocycles. The number of nitrogens with two attached hydrogens (primary N) is 1. The van der Waals surface area contributed by atoms with E-state index in [2.05, 4.69) is 10.6 Å². The van der Waals surface area contributed by atoms with Gasteiger partial charge in [0.05, 0.1) is 0 Å². The van der Waals surface area contributed by atoms with Crippen LogP contribution in [0.4, 0.5) is 0 Å². The fourth-order valence-electron chi connectivity index (χ4n) is 1.37. The van der Waals surface area contributed by atoms with E-state index in [1.54, 1.807) is 0 Å². The van der Waals surface area contributed by atoms with Crippen molar-refractivity contribution < 1.29 is 4.79 Å². The van der Waals surface area contributed by atoms with Crippen molar-refractivity contribution in [3.8, 4) is 0 Å². The van der Waals surface area contributed by atoms with Gasteiger partial charge >= 0.3 is 0 Å². The Morgan fingerprint density at radius 2 is 2.50 bits per heavy atom. The van der Waals surface area contributed by atoms with Crippen molar-refractivity contribution in [3.05, 3.63) is 0 Å². The molecule has 1 unspecified atom stereocenters. The van der Waals surface area contributed by atoms with Crippen LogP contribution in [0.3, 0.4) is 0 Å². The quantitative estimate of drug-likeness (QED) is 0.485. The first-order valence-electron chi connectivity index (χ1n) is 4.53. The monoisotopic (exact) mass is 171 g/mol. The number of nitrogens with one attached hydrogen (secondary N) is 2. The highest BCUT2D eigenvalue weighted by Gasteiger charge is 2.17. The Labute approximate surface area is 72.9 Å². The molecule has 1 saturated heterocycles. The summed E-state index contributed by atoms with van der Waals surface area (Å²) >= 11 is 0. The third kappa shape index (κ3) is 3.19. The van der Waals surface area contributed by atoms with Crippen LogP contribution in [0.25, 0.3) is 0 Å². The van der Waals surface area contributed by atoms with Gasteiger partial charge in [-0.05, 0) is 25.9 Å². The zero-order valence-corrected chi connectivity index (χ0v) is 7.31.